The van der Waals surface area contributed by atoms with E-state index in [9.17, 15) is 4.79 Å². The molecule has 90 valence electrons. The van der Waals surface area contributed by atoms with E-state index in [0.717, 1.165) is 10.9 Å². The lowest BCUT2D eigenvalue weighted by atomic mass is 10.3. The molecular formula is C11H17BrN2O2. The van der Waals surface area contributed by atoms with Crippen LogP contribution in [0, 0.1) is 0 Å². The van der Waals surface area contributed by atoms with Crippen molar-refractivity contribution < 1.29 is 9.53 Å². The van der Waals surface area contributed by atoms with E-state index in [2.05, 4.69) is 15.9 Å². The van der Waals surface area contributed by atoms with Crippen molar-refractivity contribution in [2.24, 2.45) is 7.05 Å². The van der Waals surface area contributed by atoms with E-state index in [1.54, 1.807) is 19.1 Å². The van der Waals surface area contributed by atoms with E-state index >= 15 is 0 Å². The van der Waals surface area contributed by atoms with E-state index in [4.69, 9.17) is 4.74 Å². The standard InChI is InChI=1S/C11H17BrN2O2/c1-13(5-4-6-16-3)11(15)10-7-9(12)8-14(10)2/h7-8H,4-6H2,1-3H3. The third kappa shape index (κ3) is 3.35. The van der Waals surface area contributed by atoms with Gasteiger partial charge in [-0.25, -0.2) is 0 Å². The van der Waals surface area contributed by atoms with Gasteiger partial charge in [0.05, 0.1) is 0 Å². The van der Waals surface area contributed by atoms with E-state index < -0.39 is 0 Å². The van der Waals surface area contributed by atoms with E-state index in [1.807, 2.05) is 23.9 Å². The zero-order chi connectivity index (χ0) is 12.1. The van der Waals surface area contributed by atoms with Crippen LogP contribution < -0.4 is 0 Å². The van der Waals surface area contributed by atoms with Gasteiger partial charge in [-0.3, -0.25) is 4.79 Å². The average molecular weight is 289 g/mol. The molecule has 0 fully saturated rings. The summed E-state index contributed by atoms with van der Waals surface area (Å²) in [6.45, 7) is 1.38. The summed E-state index contributed by atoms with van der Waals surface area (Å²) in [5, 5.41) is 0. The second-order valence-corrected chi connectivity index (χ2v) is 4.64. The van der Waals surface area contributed by atoms with Gasteiger partial charge >= 0.3 is 0 Å². The van der Waals surface area contributed by atoms with Gasteiger partial charge in [0.1, 0.15) is 5.69 Å². The Labute approximate surface area is 104 Å². The van der Waals surface area contributed by atoms with Crippen LogP contribution in [0.25, 0.3) is 0 Å². The monoisotopic (exact) mass is 288 g/mol. The molecule has 0 aliphatic carbocycles. The molecular weight excluding hydrogens is 272 g/mol. The first kappa shape index (κ1) is 13.3. The number of carbonyl (C=O) groups excluding carboxylic acids is 1. The van der Waals surface area contributed by atoms with E-state index in [0.29, 0.717) is 18.8 Å². The molecule has 16 heavy (non-hydrogen) atoms. The molecule has 0 saturated heterocycles. The lowest BCUT2D eigenvalue weighted by Gasteiger charge is -2.17. The molecule has 1 rings (SSSR count). The number of hydrogen-bond donors (Lipinski definition) is 0. The van der Waals surface area contributed by atoms with Crippen LogP contribution in [0.5, 0.6) is 0 Å². The van der Waals surface area contributed by atoms with Crippen LogP contribution in [0.4, 0.5) is 0 Å². The molecule has 0 saturated carbocycles. The highest BCUT2D eigenvalue weighted by Gasteiger charge is 2.15. The van der Waals surface area contributed by atoms with Crippen molar-refractivity contribution in [1.82, 2.24) is 9.47 Å². The Morgan fingerprint density at radius 1 is 1.62 bits per heavy atom. The molecule has 0 aromatic carbocycles. The van der Waals surface area contributed by atoms with Crippen molar-refractivity contribution in [3.63, 3.8) is 0 Å². The number of ether oxygens (including phenoxy) is 1. The largest absolute Gasteiger partial charge is 0.385 e. The van der Waals surface area contributed by atoms with E-state index in [-0.39, 0.29) is 5.91 Å². The number of hydrogen-bond acceptors (Lipinski definition) is 2. The summed E-state index contributed by atoms with van der Waals surface area (Å²) in [5.41, 5.74) is 0.687. The third-order valence-corrected chi connectivity index (χ3v) is 2.81. The van der Waals surface area contributed by atoms with Gasteiger partial charge in [-0.2, -0.15) is 0 Å². The van der Waals surface area contributed by atoms with Crippen molar-refractivity contribution in [2.75, 3.05) is 27.3 Å². The van der Waals surface area contributed by atoms with Crippen LogP contribution in [0.1, 0.15) is 16.9 Å². The smallest absolute Gasteiger partial charge is 0.270 e. The van der Waals surface area contributed by atoms with Crippen LogP contribution >= 0.6 is 15.9 Å². The number of nitrogens with zero attached hydrogens (tertiary/aromatic N) is 2. The molecule has 0 spiro atoms. The summed E-state index contributed by atoms with van der Waals surface area (Å²) in [7, 11) is 5.33. The fourth-order valence-corrected chi connectivity index (χ4v) is 2.00. The zero-order valence-corrected chi connectivity index (χ0v) is 11.5. The number of aromatic nitrogens is 1. The minimum absolute atomic E-state index is 0.0318. The second-order valence-electron chi connectivity index (χ2n) is 3.73. The van der Waals surface area contributed by atoms with Gasteiger partial charge < -0.3 is 14.2 Å². The van der Waals surface area contributed by atoms with Crippen molar-refractivity contribution in [3.8, 4) is 0 Å². The molecule has 5 heteroatoms. The van der Waals surface area contributed by atoms with Gasteiger partial charge in [-0.15, -0.1) is 0 Å². The topological polar surface area (TPSA) is 34.5 Å². The van der Waals surface area contributed by atoms with Crippen molar-refractivity contribution in [1.29, 1.82) is 0 Å². The molecule has 1 aromatic heterocycles. The van der Waals surface area contributed by atoms with Gasteiger partial charge in [-0.1, -0.05) is 0 Å². The number of aryl methyl sites for hydroxylation is 1. The van der Waals surface area contributed by atoms with Crippen LogP contribution in [0.15, 0.2) is 16.7 Å². The normalized spacial score (nSPS) is 10.5. The molecule has 0 atom stereocenters. The number of halogens is 1. The molecule has 1 heterocycles. The summed E-state index contributed by atoms with van der Waals surface area (Å²) in [5.74, 6) is 0.0318. The van der Waals surface area contributed by atoms with Crippen LogP contribution in [0.2, 0.25) is 0 Å². The fraction of sp³-hybridized carbons (Fsp3) is 0.545. The maximum Gasteiger partial charge on any atom is 0.270 e. The van der Waals surface area contributed by atoms with Crippen molar-refractivity contribution in [2.45, 2.75) is 6.42 Å². The maximum atomic E-state index is 12.0. The lowest BCUT2D eigenvalue weighted by Crippen LogP contribution is -2.29. The first-order valence-corrected chi connectivity index (χ1v) is 5.92. The molecule has 0 unspecified atom stereocenters. The SMILES string of the molecule is COCCCN(C)C(=O)c1cc(Br)cn1C. The summed E-state index contributed by atoms with van der Waals surface area (Å²) < 4.78 is 7.69. The van der Waals surface area contributed by atoms with Crippen LogP contribution in [-0.2, 0) is 11.8 Å². The van der Waals surface area contributed by atoms with Gasteiger partial charge in [0.2, 0.25) is 0 Å². The summed E-state index contributed by atoms with van der Waals surface area (Å²) in [4.78, 5) is 13.7. The minimum Gasteiger partial charge on any atom is -0.385 e. The Morgan fingerprint density at radius 3 is 2.81 bits per heavy atom. The Bertz CT molecular complexity index is 363. The van der Waals surface area contributed by atoms with Gasteiger partial charge in [0.15, 0.2) is 0 Å². The van der Waals surface area contributed by atoms with Crippen LogP contribution in [-0.4, -0.2) is 42.7 Å². The Hall–Kier alpha value is -0.810. The van der Waals surface area contributed by atoms with Gasteiger partial charge in [0, 0.05) is 45.0 Å². The number of methoxy groups -OCH3 is 1. The molecule has 0 aliphatic rings. The Morgan fingerprint density at radius 2 is 2.31 bits per heavy atom. The number of carbonyl (C=O) groups is 1. The number of amides is 1. The molecule has 1 amide bonds. The molecule has 1 aromatic rings. The fourth-order valence-electron chi connectivity index (χ4n) is 1.48. The predicted molar refractivity (Wildman–Crippen MR) is 66.6 cm³/mol. The Kier molecular flexibility index (Phi) is 5.02. The zero-order valence-electron chi connectivity index (χ0n) is 9.86. The van der Waals surface area contributed by atoms with Crippen LogP contribution in [0.3, 0.4) is 0 Å². The summed E-state index contributed by atoms with van der Waals surface area (Å²) in [6, 6.07) is 1.83. The van der Waals surface area contributed by atoms with Gasteiger partial charge in [0.25, 0.3) is 5.91 Å². The van der Waals surface area contributed by atoms with Crippen molar-refractivity contribution in [3.05, 3.63) is 22.4 Å². The molecule has 0 N–H and O–H groups in total. The lowest BCUT2D eigenvalue weighted by molar-refractivity contribution is 0.0770. The second kappa shape index (κ2) is 6.06. The quantitative estimate of drug-likeness (QED) is 0.776. The molecule has 0 bridgehead atoms. The molecule has 0 aliphatic heterocycles. The minimum atomic E-state index is 0.0318. The number of rotatable bonds is 5. The first-order chi connectivity index (χ1) is 7.56. The summed E-state index contributed by atoms with van der Waals surface area (Å²) >= 11 is 3.35. The average Bonchev–Trinajstić information content (AvgIpc) is 2.57. The van der Waals surface area contributed by atoms with Gasteiger partial charge in [-0.05, 0) is 28.4 Å². The van der Waals surface area contributed by atoms with E-state index in [1.165, 1.54) is 0 Å². The third-order valence-electron chi connectivity index (χ3n) is 2.38. The first-order valence-electron chi connectivity index (χ1n) is 5.12. The summed E-state index contributed by atoms with van der Waals surface area (Å²) in [6.07, 6.45) is 2.72. The predicted octanol–water partition coefficient (Wildman–Crippen LogP) is 1.90. The molecule has 0 radical (unpaired) electrons. The molecule has 4 nitrogen and oxygen atoms in total. The van der Waals surface area contributed by atoms with Crippen molar-refractivity contribution >= 4 is 21.8 Å². The highest BCUT2D eigenvalue weighted by molar-refractivity contribution is 9.10. The Balaban J connectivity index is 2.60. The highest BCUT2D eigenvalue weighted by atomic mass is 79.9. The highest BCUT2D eigenvalue weighted by Crippen LogP contribution is 2.15. The maximum absolute atomic E-state index is 12.0.